The minimum Gasteiger partial charge on any atom is -0.500 e. The van der Waals surface area contributed by atoms with Gasteiger partial charge in [0, 0.05) is 0 Å². The number of aliphatic hydroxyl groups excluding tert-OH is 3. The Morgan fingerprint density at radius 3 is 2.69 bits per heavy atom. The number of cyclic esters (lactones) is 1. The van der Waals surface area contributed by atoms with Crippen LogP contribution < -0.4 is 0 Å². The third-order valence-electron chi connectivity index (χ3n) is 1.57. The highest BCUT2D eigenvalue weighted by molar-refractivity contribution is 5.89. The normalized spacial score (nSPS) is 24.5. The quantitative estimate of drug-likeness (QED) is 0.379. The topological polar surface area (TPSA) is 116 Å². The highest BCUT2D eigenvalue weighted by atomic mass is 16.6. The van der Waals surface area contributed by atoms with Crippen molar-refractivity contribution < 1.29 is 24.9 Å². The van der Waals surface area contributed by atoms with E-state index in [0.717, 1.165) is 0 Å². The van der Waals surface area contributed by atoms with Gasteiger partial charge in [0.2, 0.25) is 5.76 Å². The van der Waals surface area contributed by atoms with Crippen LogP contribution in [0.4, 0.5) is 0 Å². The number of nitroso groups, excluding NO2 is 1. The summed E-state index contributed by atoms with van der Waals surface area (Å²) in [6.07, 6.45) is -2.84. The predicted molar refractivity (Wildman–Crippen MR) is 38.4 cm³/mol. The fraction of sp³-hybridized carbons (Fsp3) is 0.500. The fourth-order valence-electron chi connectivity index (χ4n) is 0.918. The first kappa shape index (κ1) is 9.62. The molecule has 1 aliphatic heterocycles. The summed E-state index contributed by atoms with van der Waals surface area (Å²) < 4.78 is 4.36. The molecule has 0 bridgehead atoms. The third kappa shape index (κ3) is 1.51. The molecule has 0 saturated carbocycles. The van der Waals surface area contributed by atoms with Crippen molar-refractivity contribution in [2.45, 2.75) is 12.2 Å². The summed E-state index contributed by atoms with van der Waals surface area (Å²) in [6.45, 7) is -0.704. The van der Waals surface area contributed by atoms with Crippen molar-refractivity contribution in [1.29, 1.82) is 0 Å². The highest BCUT2D eigenvalue weighted by Crippen LogP contribution is 2.24. The van der Waals surface area contributed by atoms with Crippen molar-refractivity contribution in [2.24, 2.45) is 5.18 Å². The summed E-state index contributed by atoms with van der Waals surface area (Å²) >= 11 is 0. The molecular formula is C6H7NO6. The SMILES string of the molecule is O=NC1=C(O)C(=O)OC1C(O)CO. The van der Waals surface area contributed by atoms with E-state index in [1.165, 1.54) is 0 Å². The van der Waals surface area contributed by atoms with Crippen LogP contribution in [0.5, 0.6) is 0 Å². The van der Waals surface area contributed by atoms with Gasteiger partial charge in [-0.25, -0.2) is 4.79 Å². The summed E-state index contributed by atoms with van der Waals surface area (Å²) in [5.74, 6) is -2.06. The lowest BCUT2D eigenvalue weighted by Crippen LogP contribution is -2.31. The standard InChI is InChI=1S/C6H7NO6/c8-1-2(9)5-3(7-12)4(10)6(11)13-5/h2,5,8-10H,1H2. The number of esters is 1. The Labute approximate surface area is 72.2 Å². The van der Waals surface area contributed by atoms with E-state index < -0.39 is 36.2 Å². The van der Waals surface area contributed by atoms with Crippen LogP contribution in [0.25, 0.3) is 0 Å². The average molecular weight is 189 g/mol. The van der Waals surface area contributed by atoms with E-state index in [4.69, 9.17) is 15.3 Å². The number of carbonyl (C=O) groups is 1. The summed E-state index contributed by atoms with van der Waals surface area (Å²) in [4.78, 5) is 20.8. The highest BCUT2D eigenvalue weighted by Gasteiger charge is 2.39. The molecule has 0 fully saturated rings. The molecule has 1 aliphatic rings. The molecule has 13 heavy (non-hydrogen) atoms. The predicted octanol–water partition coefficient (Wildman–Crippen LogP) is -1.20. The molecule has 0 spiro atoms. The van der Waals surface area contributed by atoms with Crippen LogP contribution >= 0.6 is 0 Å². The Balaban J connectivity index is 2.92. The number of hydrogen-bond donors (Lipinski definition) is 3. The lowest BCUT2D eigenvalue weighted by molar-refractivity contribution is -0.147. The number of hydrogen-bond acceptors (Lipinski definition) is 7. The van der Waals surface area contributed by atoms with Gasteiger partial charge in [0.05, 0.1) is 6.61 Å². The first-order valence-corrected chi connectivity index (χ1v) is 3.38. The monoisotopic (exact) mass is 189 g/mol. The molecule has 0 aromatic heterocycles. The number of carbonyl (C=O) groups excluding carboxylic acids is 1. The zero-order valence-corrected chi connectivity index (χ0v) is 6.38. The lowest BCUT2D eigenvalue weighted by Gasteiger charge is -2.13. The van der Waals surface area contributed by atoms with Crippen LogP contribution in [-0.4, -0.2) is 40.1 Å². The molecule has 3 N–H and O–H groups in total. The second-order valence-corrected chi connectivity index (χ2v) is 2.40. The number of nitrogens with zero attached hydrogens (tertiary/aromatic N) is 1. The summed E-state index contributed by atoms with van der Waals surface area (Å²) in [5, 5.41) is 28.7. The van der Waals surface area contributed by atoms with Gasteiger partial charge in [-0.05, 0) is 5.18 Å². The lowest BCUT2D eigenvalue weighted by atomic mass is 10.1. The molecule has 0 aromatic rings. The maximum Gasteiger partial charge on any atom is 0.376 e. The second-order valence-electron chi connectivity index (χ2n) is 2.40. The molecule has 72 valence electrons. The molecule has 0 aliphatic carbocycles. The van der Waals surface area contributed by atoms with Gasteiger partial charge >= 0.3 is 5.97 Å². The van der Waals surface area contributed by atoms with E-state index in [2.05, 4.69) is 9.91 Å². The van der Waals surface area contributed by atoms with Crippen LogP contribution in [0.15, 0.2) is 16.6 Å². The number of ether oxygens (including phenoxy) is 1. The van der Waals surface area contributed by atoms with Crippen molar-refractivity contribution in [3.63, 3.8) is 0 Å². The molecular weight excluding hydrogens is 182 g/mol. The van der Waals surface area contributed by atoms with Crippen LogP contribution in [0, 0.1) is 4.91 Å². The van der Waals surface area contributed by atoms with Crippen LogP contribution in [0.3, 0.4) is 0 Å². The maximum atomic E-state index is 10.7. The van der Waals surface area contributed by atoms with E-state index in [9.17, 15) is 9.70 Å². The minimum atomic E-state index is -1.46. The molecule has 0 saturated heterocycles. The first-order valence-electron chi connectivity index (χ1n) is 3.38. The largest absolute Gasteiger partial charge is 0.500 e. The molecule has 1 heterocycles. The van der Waals surface area contributed by atoms with E-state index in [1.807, 2.05) is 0 Å². The van der Waals surface area contributed by atoms with Gasteiger partial charge in [0.25, 0.3) is 0 Å². The van der Waals surface area contributed by atoms with Gasteiger partial charge in [0.1, 0.15) is 6.10 Å². The first-order chi connectivity index (χ1) is 6.11. The molecule has 0 amide bonds. The van der Waals surface area contributed by atoms with E-state index in [-0.39, 0.29) is 0 Å². The third-order valence-corrected chi connectivity index (χ3v) is 1.57. The Hall–Kier alpha value is -1.47. The smallest absolute Gasteiger partial charge is 0.376 e. The molecule has 2 atom stereocenters. The summed E-state index contributed by atoms with van der Waals surface area (Å²) in [7, 11) is 0. The Kier molecular flexibility index (Phi) is 2.59. The van der Waals surface area contributed by atoms with Crippen LogP contribution in [0.1, 0.15) is 0 Å². The molecule has 0 aromatic carbocycles. The molecule has 0 radical (unpaired) electrons. The second kappa shape index (κ2) is 3.50. The number of rotatable bonds is 3. The molecule has 7 nitrogen and oxygen atoms in total. The van der Waals surface area contributed by atoms with Crippen molar-refractivity contribution >= 4 is 5.97 Å². The average Bonchev–Trinajstić information content (AvgIpc) is 2.42. The van der Waals surface area contributed by atoms with Gasteiger partial charge in [-0.15, -0.1) is 4.91 Å². The Morgan fingerprint density at radius 1 is 1.62 bits per heavy atom. The van der Waals surface area contributed by atoms with Crippen molar-refractivity contribution in [3.8, 4) is 0 Å². The van der Waals surface area contributed by atoms with E-state index in [1.54, 1.807) is 0 Å². The Bertz CT molecular complexity index is 272. The van der Waals surface area contributed by atoms with Gasteiger partial charge < -0.3 is 20.1 Å². The molecule has 2 unspecified atom stereocenters. The fourth-order valence-corrected chi connectivity index (χ4v) is 0.918. The van der Waals surface area contributed by atoms with Gasteiger partial charge in [-0.3, -0.25) is 0 Å². The number of aliphatic hydroxyl groups is 3. The van der Waals surface area contributed by atoms with Crippen LogP contribution in [0.2, 0.25) is 0 Å². The summed E-state index contributed by atoms with van der Waals surface area (Å²) in [5.41, 5.74) is -0.591. The zero-order chi connectivity index (χ0) is 10.0. The zero-order valence-electron chi connectivity index (χ0n) is 6.38. The van der Waals surface area contributed by atoms with Crippen molar-refractivity contribution in [2.75, 3.05) is 6.61 Å². The summed E-state index contributed by atoms with van der Waals surface area (Å²) in [6, 6.07) is 0. The van der Waals surface area contributed by atoms with Gasteiger partial charge in [-0.1, -0.05) is 0 Å². The maximum absolute atomic E-state index is 10.7. The van der Waals surface area contributed by atoms with Crippen molar-refractivity contribution in [1.82, 2.24) is 0 Å². The van der Waals surface area contributed by atoms with E-state index >= 15 is 0 Å². The molecule has 7 heteroatoms. The minimum absolute atomic E-state index is 0.591. The Morgan fingerprint density at radius 2 is 2.23 bits per heavy atom. The van der Waals surface area contributed by atoms with Crippen LogP contribution in [-0.2, 0) is 9.53 Å². The van der Waals surface area contributed by atoms with Gasteiger partial charge in [-0.2, -0.15) is 0 Å². The van der Waals surface area contributed by atoms with Gasteiger partial charge in [0.15, 0.2) is 11.8 Å². The van der Waals surface area contributed by atoms with E-state index in [0.29, 0.717) is 0 Å². The van der Waals surface area contributed by atoms with Crippen molar-refractivity contribution in [3.05, 3.63) is 16.4 Å². The molecule has 1 rings (SSSR count).